The molecule has 1 fully saturated rings. The minimum absolute atomic E-state index is 0. The molecule has 3 aromatic carbocycles. The van der Waals surface area contributed by atoms with Crippen LogP contribution in [0.3, 0.4) is 0 Å². The van der Waals surface area contributed by atoms with Crippen molar-refractivity contribution >= 4 is 16.5 Å². The molecule has 7 nitrogen and oxygen atoms in total. The molecule has 4 aromatic rings. The van der Waals surface area contributed by atoms with Gasteiger partial charge in [-0.1, -0.05) is 17.7 Å². The number of rotatable bonds is 5. The van der Waals surface area contributed by atoms with Crippen LogP contribution in [0.25, 0.3) is 22.0 Å². The van der Waals surface area contributed by atoms with Crippen LogP contribution < -0.4 is 40.8 Å². The summed E-state index contributed by atoms with van der Waals surface area (Å²) in [5.74, 6) is 3.23. The third kappa shape index (κ3) is 4.57. The molecule has 0 saturated carbocycles. The van der Waals surface area contributed by atoms with Gasteiger partial charge in [-0.3, -0.25) is 4.90 Å². The predicted octanol–water partition coefficient (Wildman–Crippen LogP) is 1.73. The van der Waals surface area contributed by atoms with E-state index < -0.39 is 0 Å². The smallest absolute Gasteiger partial charge is 0.231 e. The highest BCUT2D eigenvalue weighted by Crippen LogP contribution is 2.43. The normalized spacial score (nSPS) is 15.8. The zero-order valence-corrected chi connectivity index (χ0v) is 24.0. The van der Waals surface area contributed by atoms with Crippen molar-refractivity contribution in [1.29, 1.82) is 0 Å². The summed E-state index contributed by atoms with van der Waals surface area (Å²) in [6.45, 7) is 8.22. The molecule has 4 heterocycles. The molecule has 7 rings (SSSR count). The summed E-state index contributed by atoms with van der Waals surface area (Å²) in [6.07, 6.45) is 3.18. The number of aromatic nitrogens is 1. The van der Waals surface area contributed by atoms with Crippen LogP contribution in [0.4, 0.5) is 5.69 Å². The fourth-order valence-corrected chi connectivity index (χ4v) is 6.21. The van der Waals surface area contributed by atoms with Crippen LogP contribution in [-0.2, 0) is 19.5 Å². The zero-order valence-electron chi connectivity index (χ0n) is 23.2. The minimum atomic E-state index is 0. The highest BCUT2D eigenvalue weighted by atomic mass is 35.5. The van der Waals surface area contributed by atoms with Crippen molar-refractivity contribution in [1.82, 2.24) is 4.90 Å². The molecule has 1 saturated heterocycles. The summed E-state index contributed by atoms with van der Waals surface area (Å²) in [6, 6.07) is 17.6. The first kappa shape index (κ1) is 26.5. The molecule has 3 aliphatic rings. The second-order valence-electron chi connectivity index (χ2n) is 10.7. The van der Waals surface area contributed by atoms with E-state index in [1.807, 2.05) is 0 Å². The zero-order chi connectivity index (χ0) is 26.5. The summed E-state index contributed by atoms with van der Waals surface area (Å²) in [5, 5.41) is 2.28. The summed E-state index contributed by atoms with van der Waals surface area (Å²) in [7, 11) is 3.44. The Morgan fingerprint density at radius 2 is 1.62 bits per heavy atom. The lowest BCUT2D eigenvalue weighted by Gasteiger charge is -2.36. The van der Waals surface area contributed by atoms with Gasteiger partial charge in [0.1, 0.15) is 0 Å². The Labute approximate surface area is 241 Å². The van der Waals surface area contributed by atoms with Crippen LogP contribution in [0.5, 0.6) is 23.0 Å². The second kappa shape index (κ2) is 10.7. The van der Waals surface area contributed by atoms with Gasteiger partial charge in [-0.05, 0) is 48.4 Å². The number of fused-ring (bicyclic) bond motifs is 5. The van der Waals surface area contributed by atoms with Gasteiger partial charge in [0.2, 0.25) is 12.5 Å². The third-order valence-corrected chi connectivity index (χ3v) is 8.37. The standard InChI is InChI=1S/C32H34N3O4.ClH/c1-21-4-6-24(7-5-21)34-12-10-33(11-13-34)18-23-15-31(36-2)32(37-3)27-19-35-9-8-22-14-29-30(39-20-38-29)17-26(22)28(35)16-25(23)27;/h4-7,14-17,19H,8-13,18,20H2,1-3H3;1H/q+1;/p-1. The lowest BCUT2D eigenvalue weighted by molar-refractivity contribution is -0.686. The molecule has 0 N–H and O–H groups in total. The van der Waals surface area contributed by atoms with Crippen molar-refractivity contribution in [2.24, 2.45) is 0 Å². The van der Waals surface area contributed by atoms with E-state index in [9.17, 15) is 0 Å². The van der Waals surface area contributed by atoms with Gasteiger partial charge >= 0.3 is 0 Å². The number of anilines is 1. The van der Waals surface area contributed by atoms with Crippen molar-refractivity contribution in [2.75, 3.05) is 52.1 Å². The van der Waals surface area contributed by atoms with Crippen LogP contribution in [0.1, 0.15) is 16.7 Å². The van der Waals surface area contributed by atoms with Gasteiger partial charge in [0, 0.05) is 56.3 Å². The van der Waals surface area contributed by atoms with Crippen LogP contribution in [-0.4, -0.2) is 52.1 Å². The first-order chi connectivity index (χ1) is 19.1. The Morgan fingerprint density at radius 1 is 0.875 bits per heavy atom. The number of hydrogen-bond acceptors (Lipinski definition) is 6. The molecular formula is C32H34ClN3O4. The number of benzene rings is 3. The van der Waals surface area contributed by atoms with Crippen LogP contribution in [0, 0.1) is 6.92 Å². The maximum atomic E-state index is 5.89. The summed E-state index contributed by atoms with van der Waals surface area (Å²) >= 11 is 0. The Kier molecular flexibility index (Phi) is 7.11. The molecule has 8 heteroatoms. The van der Waals surface area contributed by atoms with Crippen molar-refractivity contribution in [2.45, 2.75) is 26.4 Å². The van der Waals surface area contributed by atoms with E-state index in [2.05, 4.69) is 76.0 Å². The van der Waals surface area contributed by atoms with Gasteiger partial charge in [-0.2, -0.15) is 4.57 Å². The number of ether oxygens (including phenoxy) is 4. The number of nitrogens with zero attached hydrogens (tertiary/aromatic N) is 3. The molecule has 0 bridgehead atoms. The van der Waals surface area contributed by atoms with E-state index in [1.165, 1.54) is 39.0 Å². The largest absolute Gasteiger partial charge is 1.00 e. The Bertz CT molecular complexity index is 1570. The predicted molar refractivity (Wildman–Crippen MR) is 151 cm³/mol. The number of halogens is 1. The molecule has 0 aliphatic carbocycles. The maximum absolute atomic E-state index is 5.89. The van der Waals surface area contributed by atoms with E-state index in [0.29, 0.717) is 0 Å². The highest BCUT2D eigenvalue weighted by Gasteiger charge is 2.30. The fourth-order valence-electron chi connectivity index (χ4n) is 6.21. The minimum Gasteiger partial charge on any atom is -1.00 e. The number of aryl methyl sites for hydroxylation is 3. The van der Waals surface area contributed by atoms with Crippen molar-refractivity contribution < 1.29 is 35.9 Å². The molecule has 208 valence electrons. The van der Waals surface area contributed by atoms with Crippen LogP contribution in [0.2, 0.25) is 0 Å². The Morgan fingerprint density at radius 3 is 2.35 bits per heavy atom. The number of piperazine rings is 1. The Hall–Kier alpha value is -3.68. The quantitative estimate of drug-likeness (QED) is 0.347. The van der Waals surface area contributed by atoms with Crippen molar-refractivity contribution in [3.63, 3.8) is 0 Å². The number of hydrogen-bond donors (Lipinski definition) is 0. The number of pyridine rings is 1. The lowest BCUT2D eigenvalue weighted by atomic mass is 9.93. The van der Waals surface area contributed by atoms with Crippen molar-refractivity contribution in [3.05, 3.63) is 71.4 Å². The average Bonchev–Trinajstić information content (AvgIpc) is 3.43. The molecular weight excluding hydrogens is 526 g/mol. The fraction of sp³-hybridized carbons (Fsp3) is 0.344. The van der Waals surface area contributed by atoms with Gasteiger partial charge in [0.05, 0.1) is 25.2 Å². The van der Waals surface area contributed by atoms with Gasteiger partial charge in [-0.25, -0.2) is 0 Å². The van der Waals surface area contributed by atoms with E-state index in [1.54, 1.807) is 14.2 Å². The van der Waals surface area contributed by atoms with Gasteiger partial charge < -0.3 is 36.3 Å². The lowest BCUT2D eigenvalue weighted by Crippen LogP contribution is -3.00. The Balaban J connectivity index is 0.00000289. The molecule has 0 unspecified atom stereocenters. The third-order valence-electron chi connectivity index (χ3n) is 8.37. The molecule has 40 heavy (non-hydrogen) atoms. The first-order valence-electron chi connectivity index (χ1n) is 13.7. The van der Waals surface area contributed by atoms with Crippen LogP contribution >= 0.6 is 0 Å². The van der Waals surface area contributed by atoms with E-state index in [0.717, 1.165) is 74.1 Å². The first-order valence-corrected chi connectivity index (χ1v) is 13.7. The second-order valence-corrected chi connectivity index (χ2v) is 10.7. The molecule has 0 amide bonds. The average molecular weight is 560 g/mol. The molecule has 0 radical (unpaired) electrons. The van der Waals surface area contributed by atoms with Gasteiger partial charge in [0.15, 0.2) is 35.7 Å². The summed E-state index contributed by atoms with van der Waals surface area (Å²) in [4.78, 5) is 5.03. The summed E-state index contributed by atoms with van der Waals surface area (Å²) < 4.78 is 25.4. The molecule has 0 spiro atoms. The van der Waals surface area contributed by atoms with E-state index in [-0.39, 0.29) is 19.2 Å². The maximum Gasteiger partial charge on any atom is 0.231 e. The molecule has 0 atom stereocenters. The highest BCUT2D eigenvalue weighted by molar-refractivity contribution is 5.94. The monoisotopic (exact) mass is 559 g/mol. The van der Waals surface area contributed by atoms with Gasteiger partial charge in [-0.15, -0.1) is 0 Å². The van der Waals surface area contributed by atoms with Crippen molar-refractivity contribution in [3.8, 4) is 34.3 Å². The SMILES string of the molecule is COc1cc(CN2CCN(c3ccc(C)cc3)CC2)c2cc3[n+](cc2c1OC)CCc1cc2c(cc1-3)OCO2.[Cl-]. The van der Waals surface area contributed by atoms with Gasteiger partial charge in [0.25, 0.3) is 0 Å². The molecule has 3 aliphatic heterocycles. The number of methoxy groups -OCH3 is 2. The topological polar surface area (TPSA) is 47.3 Å². The van der Waals surface area contributed by atoms with Crippen LogP contribution in [0.15, 0.2) is 54.7 Å². The van der Waals surface area contributed by atoms with E-state index >= 15 is 0 Å². The van der Waals surface area contributed by atoms with E-state index in [4.69, 9.17) is 18.9 Å². The molecule has 1 aromatic heterocycles. The summed E-state index contributed by atoms with van der Waals surface area (Å²) in [5.41, 5.74) is 7.56.